The van der Waals surface area contributed by atoms with Crippen LogP contribution in [0.25, 0.3) is 0 Å². The van der Waals surface area contributed by atoms with Gasteiger partial charge in [-0.15, -0.1) is 0 Å². The van der Waals surface area contributed by atoms with Crippen molar-refractivity contribution >= 4 is 11.9 Å². The smallest absolute Gasteiger partial charge is 0.306 e. The quantitative estimate of drug-likeness (QED) is 0.0246. The lowest BCUT2D eigenvalue weighted by atomic mass is 10.0. The summed E-state index contributed by atoms with van der Waals surface area (Å²) in [6, 6.07) is -0.720. The molecule has 3 N–H and O–H groups in total. The van der Waals surface area contributed by atoms with E-state index in [1.165, 1.54) is 83.5 Å². The van der Waals surface area contributed by atoms with Crippen LogP contribution in [0.1, 0.15) is 220 Å². The van der Waals surface area contributed by atoms with Gasteiger partial charge in [-0.05, 0) is 83.5 Å². The molecule has 0 aromatic carbocycles. The van der Waals surface area contributed by atoms with E-state index in [2.05, 4.69) is 86.8 Å². The van der Waals surface area contributed by atoms with Crippen LogP contribution >= 0.6 is 0 Å². The number of ether oxygens (including phenoxy) is 1. The number of unbranched alkanes of at least 4 members (excludes halogenated alkanes) is 20. The number of rotatable bonds is 43. The Balaban J connectivity index is 4.63. The topological polar surface area (TPSA) is 95.9 Å². The van der Waals surface area contributed by atoms with E-state index in [1.807, 2.05) is 24.3 Å². The number of esters is 1. The molecular formula is C54H93NO5. The maximum absolute atomic E-state index is 13.1. The molecule has 0 aliphatic rings. The fourth-order valence-corrected chi connectivity index (χ4v) is 7.03. The van der Waals surface area contributed by atoms with E-state index in [0.717, 1.165) is 89.9 Å². The lowest BCUT2D eigenvalue weighted by molar-refractivity contribution is -0.151. The fourth-order valence-electron chi connectivity index (χ4n) is 7.03. The molecule has 0 aromatic heterocycles. The number of carbonyl (C=O) groups is 2. The van der Waals surface area contributed by atoms with Crippen LogP contribution in [0.4, 0.5) is 0 Å². The molecule has 0 saturated carbocycles. The molecule has 60 heavy (non-hydrogen) atoms. The Morgan fingerprint density at radius 2 is 0.967 bits per heavy atom. The van der Waals surface area contributed by atoms with E-state index in [-0.39, 0.29) is 24.9 Å². The molecule has 0 bridgehead atoms. The number of allylic oxidation sites excluding steroid dienone is 14. The minimum Gasteiger partial charge on any atom is -0.462 e. The second-order valence-corrected chi connectivity index (χ2v) is 16.6. The molecule has 0 spiro atoms. The number of carbonyl (C=O) groups excluding carboxylic acids is 2. The van der Waals surface area contributed by atoms with Gasteiger partial charge in [0.25, 0.3) is 0 Å². The summed E-state index contributed by atoms with van der Waals surface area (Å²) < 4.78 is 5.90. The van der Waals surface area contributed by atoms with E-state index < -0.39 is 18.2 Å². The Hall–Kier alpha value is -2.96. The van der Waals surface area contributed by atoms with E-state index in [4.69, 9.17) is 4.74 Å². The van der Waals surface area contributed by atoms with Gasteiger partial charge in [-0.3, -0.25) is 9.59 Å². The minimum absolute atomic E-state index is 0.0416. The first kappa shape index (κ1) is 57.0. The molecule has 0 saturated heterocycles. The third-order valence-corrected chi connectivity index (χ3v) is 10.8. The molecule has 3 atom stereocenters. The van der Waals surface area contributed by atoms with Crippen LogP contribution < -0.4 is 5.32 Å². The monoisotopic (exact) mass is 836 g/mol. The Labute approximate surface area is 370 Å². The summed E-state index contributed by atoms with van der Waals surface area (Å²) in [4.78, 5) is 26.1. The second-order valence-electron chi connectivity index (χ2n) is 16.6. The summed E-state index contributed by atoms with van der Waals surface area (Å²) in [6.45, 7) is 6.27. The average Bonchev–Trinajstić information content (AvgIpc) is 3.24. The van der Waals surface area contributed by atoms with Crippen molar-refractivity contribution in [3.63, 3.8) is 0 Å². The van der Waals surface area contributed by atoms with Crippen molar-refractivity contribution in [2.45, 2.75) is 238 Å². The highest BCUT2D eigenvalue weighted by Crippen LogP contribution is 2.17. The summed E-state index contributed by atoms with van der Waals surface area (Å²) >= 11 is 0. The van der Waals surface area contributed by atoms with E-state index >= 15 is 0 Å². The van der Waals surface area contributed by atoms with Crippen molar-refractivity contribution < 1.29 is 24.5 Å². The molecule has 0 rings (SSSR count). The number of hydrogen-bond donors (Lipinski definition) is 3. The van der Waals surface area contributed by atoms with Gasteiger partial charge in [-0.1, -0.05) is 209 Å². The molecule has 0 fully saturated rings. The highest BCUT2D eigenvalue weighted by Gasteiger charge is 2.24. The molecule has 1 amide bonds. The molecule has 0 heterocycles. The first-order valence-corrected chi connectivity index (χ1v) is 24.9. The van der Waals surface area contributed by atoms with Crippen LogP contribution in [0.15, 0.2) is 85.1 Å². The van der Waals surface area contributed by atoms with Crippen LogP contribution in [0.3, 0.4) is 0 Å². The summed E-state index contributed by atoms with van der Waals surface area (Å²) in [5.41, 5.74) is 0. The zero-order chi connectivity index (χ0) is 43.8. The lowest BCUT2D eigenvalue weighted by Gasteiger charge is -2.24. The first-order chi connectivity index (χ1) is 29.5. The second kappa shape index (κ2) is 47.1. The van der Waals surface area contributed by atoms with Crippen LogP contribution in [-0.4, -0.2) is 46.9 Å². The van der Waals surface area contributed by atoms with Gasteiger partial charge in [0, 0.05) is 6.42 Å². The maximum atomic E-state index is 13.1. The van der Waals surface area contributed by atoms with E-state index in [9.17, 15) is 19.8 Å². The fraction of sp³-hybridized carbons (Fsp3) is 0.704. The van der Waals surface area contributed by atoms with Gasteiger partial charge in [-0.2, -0.15) is 0 Å². The highest BCUT2D eigenvalue weighted by atomic mass is 16.5. The Morgan fingerprint density at radius 1 is 0.517 bits per heavy atom. The molecule has 0 aromatic rings. The molecular weight excluding hydrogens is 743 g/mol. The third kappa shape index (κ3) is 41.8. The van der Waals surface area contributed by atoms with Crippen LogP contribution in [0.5, 0.6) is 0 Å². The molecule has 3 unspecified atom stereocenters. The summed E-state index contributed by atoms with van der Waals surface area (Å²) in [5.74, 6) is -0.535. The SMILES string of the molecule is CC/C=C/C=C/C=C/C=C\CCCCCC(CC(=O)NC(CO)C(O)CCCCCCCCCCC)OC(=O)CCCCCCCC/C=C\C/C=C\C/C=C\CCCCC. The molecule has 6 nitrogen and oxygen atoms in total. The highest BCUT2D eigenvalue weighted by molar-refractivity contribution is 5.77. The number of aliphatic hydroxyl groups is 2. The number of aliphatic hydroxyl groups excluding tert-OH is 2. The number of hydrogen-bond acceptors (Lipinski definition) is 5. The van der Waals surface area contributed by atoms with Gasteiger partial charge < -0.3 is 20.3 Å². The van der Waals surface area contributed by atoms with Crippen molar-refractivity contribution in [1.29, 1.82) is 0 Å². The normalized spacial score (nSPS) is 14.0. The van der Waals surface area contributed by atoms with E-state index in [1.54, 1.807) is 0 Å². The summed E-state index contributed by atoms with van der Waals surface area (Å²) in [6.07, 6.45) is 60.7. The maximum Gasteiger partial charge on any atom is 0.306 e. The van der Waals surface area contributed by atoms with Crippen molar-refractivity contribution in [3.05, 3.63) is 85.1 Å². The van der Waals surface area contributed by atoms with E-state index in [0.29, 0.717) is 19.3 Å². The molecule has 344 valence electrons. The largest absolute Gasteiger partial charge is 0.462 e. The molecule has 6 heteroatoms. The van der Waals surface area contributed by atoms with Crippen molar-refractivity contribution in [1.82, 2.24) is 5.32 Å². The van der Waals surface area contributed by atoms with Crippen LogP contribution in [-0.2, 0) is 14.3 Å². The Morgan fingerprint density at radius 3 is 1.57 bits per heavy atom. The minimum atomic E-state index is -0.803. The van der Waals surface area contributed by atoms with Crippen LogP contribution in [0, 0.1) is 0 Å². The van der Waals surface area contributed by atoms with Gasteiger partial charge in [0.1, 0.15) is 6.10 Å². The predicted molar refractivity (Wildman–Crippen MR) is 259 cm³/mol. The lowest BCUT2D eigenvalue weighted by Crippen LogP contribution is -2.46. The number of nitrogens with one attached hydrogen (secondary N) is 1. The van der Waals surface area contributed by atoms with Crippen molar-refractivity contribution in [2.75, 3.05) is 6.61 Å². The van der Waals surface area contributed by atoms with Gasteiger partial charge in [-0.25, -0.2) is 0 Å². The van der Waals surface area contributed by atoms with Crippen LogP contribution in [0.2, 0.25) is 0 Å². The van der Waals surface area contributed by atoms with Gasteiger partial charge in [0.05, 0.1) is 25.2 Å². The molecule has 0 radical (unpaired) electrons. The zero-order valence-electron chi connectivity index (χ0n) is 39.1. The zero-order valence-corrected chi connectivity index (χ0v) is 39.1. The predicted octanol–water partition coefficient (Wildman–Crippen LogP) is 14.8. The van der Waals surface area contributed by atoms with Gasteiger partial charge >= 0.3 is 5.97 Å². The Bertz CT molecular complexity index is 1160. The van der Waals surface area contributed by atoms with Crippen molar-refractivity contribution in [3.8, 4) is 0 Å². The molecule has 0 aliphatic carbocycles. The number of amides is 1. The third-order valence-electron chi connectivity index (χ3n) is 10.8. The first-order valence-electron chi connectivity index (χ1n) is 24.9. The summed E-state index contributed by atoms with van der Waals surface area (Å²) in [5, 5.41) is 23.6. The Kier molecular flexibility index (Phi) is 44.8. The standard InChI is InChI=1S/C54H93NO5/c1-4-7-10-13-16-19-21-23-24-25-26-27-28-30-32-35-38-41-44-47-54(59)60-50(45-42-39-36-34-31-29-22-20-17-14-11-8-5-2)48-53(58)55-51(49-56)52(57)46-43-40-37-33-18-15-12-9-6-3/h8,11,14,16-17,19-20,22-24,26-27,29,31,50-52,56-57H,4-7,9-10,12-13,15,18,21,25,28,30,32-49H2,1-3H3,(H,55,58)/b11-8+,17-14+,19-16-,22-20+,24-23-,27-26-,31-29-. The van der Waals surface area contributed by atoms with Crippen molar-refractivity contribution in [2.24, 2.45) is 0 Å². The molecule has 0 aliphatic heterocycles. The van der Waals surface area contributed by atoms with Gasteiger partial charge in [0.2, 0.25) is 5.91 Å². The summed E-state index contributed by atoms with van der Waals surface area (Å²) in [7, 11) is 0. The average molecular weight is 836 g/mol. The van der Waals surface area contributed by atoms with Gasteiger partial charge in [0.15, 0.2) is 0 Å².